The maximum Gasteiger partial charge on any atom is 0.141 e. The Morgan fingerprint density at radius 3 is 2.63 bits per heavy atom. The molecule has 0 aliphatic rings. The number of benzene rings is 2. The second kappa shape index (κ2) is 5.89. The van der Waals surface area contributed by atoms with E-state index in [-0.39, 0.29) is 5.78 Å². The summed E-state index contributed by atoms with van der Waals surface area (Å²) in [4.78, 5) is 12.0. The van der Waals surface area contributed by atoms with Gasteiger partial charge in [0, 0.05) is 23.6 Å². The van der Waals surface area contributed by atoms with Gasteiger partial charge < -0.3 is 5.73 Å². The van der Waals surface area contributed by atoms with Crippen molar-refractivity contribution in [3.63, 3.8) is 0 Å². The highest BCUT2D eigenvalue weighted by Gasteiger charge is 2.08. The lowest BCUT2D eigenvalue weighted by Crippen LogP contribution is -2.07. The summed E-state index contributed by atoms with van der Waals surface area (Å²) in [6.07, 6.45) is 0.739. The summed E-state index contributed by atoms with van der Waals surface area (Å²) in [6.45, 7) is 1.98. The van der Waals surface area contributed by atoms with Gasteiger partial charge in [0.2, 0.25) is 0 Å². The fourth-order valence-corrected chi connectivity index (χ4v) is 2.30. The van der Waals surface area contributed by atoms with Gasteiger partial charge in [-0.1, -0.05) is 35.9 Å². The third-order valence-corrected chi connectivity index (χ3v) is 3.30. The first-order chi connectivity index (χ1) is 9.04. The van der Waals surface area contributed by atoms with Gasteiger partial charge in [-0.15, -0.1) is 0 Å². The number of rotatable bonds is 4. The van der Waals surface area contributed by atoms with Gasteiger partial charge in [0.1, 0.15) is 5.78 Å². The van der Waals surface area contributed by atoms with E-state index in [0.717, 1.165) is 16.7 Å². The second-order valence-electron chi connectivity index (χ2n) is 4.73. The Bertz CT molecular complexity index is 607. The highest BCUT2D eigenvalue weighted by atomic mass is 35.5. The molecule has 0 amide bonds. The molecule has 2 N–H and O–H groups in total. The summed E-state index contributed by atoms with van der Waals surface area (Å²) in [5.41, 5.74) is 9.28. The molecule has 2 nitrogen and oxygen atoms in total. The number of nitrogen functional groups attached to an aromatic ring is 1. The summed E-state index contributed by atoms with van der Waals surface area (Å²) < 4.78 is 0. The third-order valence-electron chi connectivity index (χ3n) is 2.95. The van der Waals surface area contributed by atoms with E-state index in [1.807, 2.05) is 49.4 Å². The summed E-state index contributed by atoms with van der Waals surface area (Å²) in [5, 5.41) is 0.654. The van der Waals surface area contributed by atoms with Crippen LogP contribution in [0.2, 0.25) is 5.02 Å². The first kappa shape index (κ1) is 13.6. The van der Waals surface area contributed by atoms with Crippen LogP contribution in [0.15, 0.2) is 42.5 Å². The molecule has 3 heteroatoms. The topological polar surface area (TPSA) is 43.1 Å². The van der Waals surface area contributed by atoms with Gasteiger partial charge in [0.15, 0.2) is 0 Å². The van der Waals surface area contributed by atoms with Gasteiger partial charge in [-0.25, -0.2) is 0 Å². The van der Waals surface area contributed by atoms with Crippen molar-refractivity contribution >= 4 is 23.1 Å². The maximum atomic E-state index is 12.0. The summed E-state index contributed by atoms with van der Waals surface area (Å²) in [7, 11) is 0. The molecule has 0 bridgehead atoms. The molecule has 0 aliphatic carbocycles. The minimum Gasteiger partial charge on any atom is -0.399 e. The Labute approximate surface area is 118 Å². The van der Waals surface area contributed by atoms with E-state index in [1.54, 1.807) is 0 Å². The molecule has 0 radical (unpaired) electrons. The lowest BCUT2D eigenvalue weighted by atomic mass is 10.0. The largest absolute Gasteiger partial charge is 0.399 e. The number of nitrogens with two attached hydrogens (primary N) is 1. The van der Waals surface area contributed by atoms with E-state index in [9.17, 15) is 4.79 Å². The number of halogens is 1. The Kier molecular flexibility index (Phi) is 4.23. The highest BCUT2D eigenvalue weighted by molar-refractivity contribution is 6.31. The quantitative estimate of drug-likeness (QED) is 0.865. The van der Waals surface area contributed by atoms with Crippen LogP contribution in [-0.4, -0.2) is 5.78 Å². The minimum atomic E-state index is 0.136. The number of hydrogen-bond donors (Lipinski definition) is 1. The molecule has 0 saturated carbocycles. The van der Waals surface area contributed by atoms with E-state index in [1.165, 1.54) is 0 Å². The van der Waals surface area contributed by atoms with E-state index >= 15 is 0 Å². The Balaban J connectivity index is 2.05. The Morgan fingerprint density at radius 1 is 1.16 bits per heavy atom. The van der Waals surface area contributed by atoms with Gasteiger partial charge in [0.25, 0.3) is 0 Å². The average Bonchev–Trinajstić information content (AvgIpc) is 2.33. The van der Waals surface area contributed by atoms with Crippen LogP contribution in [0.1, 0.15) is 16.7 Å². The van der Waals surface area contributed by atoms with Crippen LogP contribution in [-0.2, 0) is 17.6 Å². The third kappa shape index (κ3) is 3.83. The molecule has 0 spiro atoms. The van der Waals surface area contributed by atoms with Crippen molar-refractivity contribution in [3.8, 4) is 0 Å². The van der Waals surface area contributed by atoms with Gasteiger partial charge in [-0.3, -0.25) is 4.79 Å². The van der Waals surface area contributed by atoms with E-state index in [2.05, 4.69) is 0 Å². The first-order valence-corrected chi connectivity index (χ1v) is 6.53. The molecule has 98 valence electrons. The predicted molar refractivity (Wildman–Crippen MR) is 79.5 cm³/mol. The van der Waals surface area contributed by atoms with Crippen molar-refractivity contribution in [2.45, 2.75) is 19.8 Å². The van der Waals surface area contributed by atoms with Crippen molar-refractivity contribution in [3.05, 3.63) is 64.2 Å². The number of carbonyl (C=O) groups excluding carboxylic acids is 1. The van der Waals surface area contributed by atoms with Gasteiger partial charge in [-0.05, 0) is 41.8 Å². The molecule has 0 fully saturated rings. The standard InChI is InChI=1S/C16H16ClNO/c1-11-5-6-13(16(17)7-11)10-15(19)9-12-3-2-4-14(18)8-12/h2-8H,9-10,18H2,1H3. The fraction of sp³-hybridized carbons (Fsp3) is 0.188. The van der Waals surface area contributed by atoms with Crippen LogP contribution in [0.5, 0.6) is 0 Å². The lowest BCUT2D eigenvalue weighted by Gasteiger charge is -2.05. The SMILES string of the molecule is Cc1ccc(CC(=O)Cc2cccc(N)c2)c(Cl)c1. The molecule has 0 heterocycles. The van der Waals surface area contributed by atoms with Crippen molar-refractivity contribution in [2.24, 2.45) is 0 Å². The first-order valence-electron chi connectivity index (χ1n) is 6.16. The van der Waals surface area contributed by atoms with Gasteiger partial charge in [-0.2, -0.15) is 0 Å². The zero-order chi connectivity index (χ0) is 13.8. The van der Waals surface area contributed by atoms with Crippen LogP contribution in [0.3, 0.4) is 0 Å². The number of anilines is 1. The smallest absolute Gasteiger partial charge is 0.141 e. The van der Waals surface area contributed by atoms with Crippen molar-refractivity contribution < 1.29 is 4.79 Å². The Hall–Kier alpha value is -1.80. The van der Waals surface area contributed by atoms with Crippen LogP contribution < -0.4 is 5.73 Å². The molecule has 0 atom stereocenters. The zero-order valence-electron chi connectivity index (χ0n) is 10.8. The second-order valence-corrected chi connectivity index (χ2v) is 5.14. The maximum absolute atomic E-state index is 12.0. The number of aryl methyl sites for hydroxylation is 1. The molecular weight excluding hydrogens is 258 g/mol. The number of Topliss-reactive ketones (excluding diaryl/α,β-unsaturated/α-hetero) is 1. The minimum absolute atomic E-state index is 0.136. The van der Waals surface area contributed by atoms with Gasteiger partial charge >= 0.3 is 0 Å². The number of ketones is 1. The summed E-state index contributed by atoms with van der Waals surface area (Å²) >= 11 is 6.13. The van der Waals surface area contributed by atoms with Crippen LogP contribution in [0, 0.1) is 6.92 Å². The highest BCUT2D eigenvalue weighted by Crippen LogP contribution is 2.19. The van der Waals surface area contributed by atoms with Crippen LogP contribution >= 0.6 is 11.6 Å². The molecule has 0 aliphatic heterocycles. The number of carbonyl (C=O) groups is 1. The molecule has 0 saturated heterocycles. The summed E-state index contributed by atoms with van der Waals surface area (Å²) in [6, 6.07) is 13.2. The van der Waals surface area contributed by atoms with Crippen molar-refractivity contribution in [1.82, 2.24) is 0 Å². The average molecular weight is 274 g/mol. The Morgan fingerprint density at radius 2 is 1.95 bits per heavy atom. The molecule has 19 heavy (non-hydrogen) atoms. The normalized spacial score (nSPS) is 10.4. The predicted octanol–water partition coefficient (Wildman–Crippen LogP) is 3.58. The molecule has 2 rings (SSSR count). The van der Waals surface area contributed by atoms with Crippen molar-refractivity contribution in [2.75, 3.05) is 5.73 Å². The summed E-state index contributed by atoms with van der Waals surface area (Å²) in [5.74, 6) is 0.136. The van der Waals surface area contributed by atoms with E-state index in [4.69, 9.17) is 17.3 Å². The molecule has 0 unspecified atom stereocenters. The molecular formula is C16H16ClNO. The molecule has 0 aromatic heterocycles. The van der Waals surface area contributed by atoms with Gasteiger partial charge in [0.05, 0.1) is 0 Å². The van der Waals surface area contributed by atoms with Crippen molar-refractivity contribution in [1.29, 1.82) is 0 Å². The number of hydrogen-bond acceptors (Lipinski definition) is 2. The van der Waals surface area contributed by atoms with E-state index < -0.39 is 0 Å². The zero-order valence-corrected chi connectivity index (χ0v) is 11.6. The molecule has 2 aromatic rings. The lowest BCUT2D eigenvalue weighted by molar-refractivity contribution is -0.117. The van der Waals surface area contributed by atoms with Crippen LogP contribution in [0.25, 0.3) is 0 Å². The monoisotopic (exact) mass is 273 g/mol. The van der Waals surface area contributed by atoms with Crippen LogP contribution in [0.4, 0.5) is 5.69 Å². The van der Waals surface area contributed by atoms with E-state index in [0.29, 0.717) is 23.6 Å². The molecule has 2 aromatic carbocycles. The fourth-order valence-electron chi connectivity index (χ4n) is 2.00.